The van der Waals surface area contributed by atoms with Crippen LogP contribution in [0.4, 0.5) is 5.69 Å². The number of carbonyl (C=O) groups is 2. The molecule has 0 bridgehead atoms. The van der Waals surface area contributed by atoms with Gasteiger partial charge in [0.25, 0.3) is 5.91 Å². The summed E-state index contributed by atoms with van der Waals surface area (Å²) in [5.74, 6) is 0.731. The first-order valence-corrected chi connectivity index (χ1v) is 8.99. The Morgan fingerprint density at radius 2 is 1.82 bits per heavy atom. The summed E-state index contributed by atoms with van der Waals surface area (Å²) in [4.78, 5) is 30.0. The number of anilines is 1. The van der Waals surface area contributed by atoms with E-state index in [-0.39, 0.29) is 17.7 Å². The van der Waals surface area contributed by atoms with Crippen molar-refractivity contribution in [3.05, 3.63) is 54.2 Å². The Hall–Kier alpha value is -3.48. The predicted octanol–water partition coefficient (Wildman–Crippen LogP) is 2.90. The van der Waals surface area contributed by atoms with Gasteiger partial charge in [-0.05, 0) is 18.2 Å². The van der Waals surface area contributed by atoms with Crippen LogP contribution in [-0.2, 0) is 4.79 Å². The molecule has 1 aliphatic rings. The van der Waals surface area contributed by atoms with Gasteiger partial charge in [-0.3, -0.25) is 9.59 Å². The first-order valence-electron chi connectivity index (χ1n) is 8.99. The quantitative estimate of drug-likeness (QED) is 0.714. The number of carbonyl (C=O) groups excluding carboxylic acids is 2. The molecule has 7 nitrogen and oxygen atoms in total. The number of aromatic nitrogens is 1. The maximum atomic E-state index is 12.7. The van der Waals surface area contributed by atoms with Crippen LogP contribution < -0.4 is 14.8 Å². The molecule has 2 heterocycles. The Bertz CT molecular complexity index is 1040. The van der Waals surface area contributed by atoms with Gasteiger partial charge in [-0.2, -0.15) is 0 Å². The fourth-order valence-corrected chi connectivity index (χ4v) is 3.39. The van der Waals surface area contributed by atoms with Crippen LogP contribution in [-0.4, -0.2) is 49.0 Å². The minimum absolute atomic E-state index is 0.0624. The van der Waals surface area contributed by atoms with Crippen LogP contribution in [0, 0.1) is 5.92 Å². The van der Waals surface area contributed by atoms with Crippen LogP contribution in [0.25, 0.3) is 10.9 Å². The predicted molar refractivity (Wildman–Crippen MR) is 106 cm³/mol. The topological polar surface area (TPSA) is 83.7 Å². The lowest BCUT2D eigenvalue weighted by Gasteiger charge is -2.38. The van der Waals surface area contributed by atoms with Crippen LogP contribution >= 0.6 is 0 Å². The lowest BCUT2D eigenvalue weighted by Crippen LogP contribution is -2.54. The van der Waals surface area contributed by atoms with Gasteiger partial charge < -0.3 is 24.7 Å². The average molecular weight is 379 g/mol. The van der Waals surface area contributed by atoms with Crippen molar-refractivity contribution in [2.75, 3.05) is 32.6 Å². The maximum Gasteiger partial charge on any atom is 0.256 e. The Morgan fingerprint density at radius 1 is 1.07 bits per heavy atom. The van der Waals surface area contributed by atoms with Crippen molar-refractivity contribution < 1.29 is 19.1 Å². The van der Waals surface area contributed by atoms with Gasteiger partial charge in [0.05, 0.1) is 25.7 Å². The number of likely N-dealkylation sites (tertiary alicyclic amines) is 1. The van der Waals surface area contributed by atoms with Gasteiger partial charge in [-0.25, -0.2) is 0 Å². The molecular formula is C21H21N3O4. The number of ether oxygens (including phenoxy) is 2. The summed E-state index contributed by atoms with van der Waals surface area (Å²) in [7, 11) is 3.10. The molecule has 4 rings (SSSR count). The van der Waals surface area contributed by atoms with Crippen LogP contribution in [0.2, 0.25) is 0 Å². The van der Waals surface area contributed by atoms with Gasteiger partial charge in [-0.15, -0.1) is 0 Å². The van der Waals surface area contributed by atoms with Crippen molar-refractivity contribution >= 4 is 28.4 Å². The molecule has 0 unspecified atom stereocenters. The van der Waals surface area contributed by atoms with Crippen LogP contribution in [0.1, 0.15) is 10.4 Å². The third-order valence-corrected chi connectivity index (χ3v) is 5.01. The number of H-pyrrole nitrogens is 1. The van der Waals surface area contributed by atoms with Crippen molar-refractivity contribution in [2.24, 2.45) is 5.92 Å². The van der Waals surface area contributed by atoms with Gasteiger partial charge in [0, 0.05) is 41.9 Å². The Morgan fingerprint density at radius 3 is 2.57 bits per heavy atom. The zero-order valence-electron chi connectivity index (χ0n) is 15.7. The second-order valence-corrected chi connectivity index (χ2v) is 6.71. The summed E-state index contributed by atoms with van der Waals surface area (Å²) >= 11 is 0. The molecule has 0 spiro atoms. The van der Waals surface area contributed by atoms with E-state index in [0.717, 1.165) is 10.9 Å². The van der Waals surface area contributed by atoms with Crippen molar-refractivity contribution in [2.45, 2.75) is 0 Å². The third-order valence-electron chi connectivity index (χ3n) is 5.01. The molecule has 2 amide bonds. The molecule has 1 saturated heterocycles. The number of hydrogen-bond acceptors (Lipinski definition) is 4. The summed E-state index contributed by atoms with van der Waals surface area (Å²) in [5, 5.41) is 3.77. The number of aromatic amines is 1. The van der Waals surface area contributed by atoms with E-state index >= 15 is 0 Å². The Labute approximate surface area is 162 Å². The maximum absolute atomic E-state index is 12.7. The third kappa shape index (κ3) is 3.15. The molecule has 28 heavy (non-hydrogen) atoms. The summed E-state index contributed by atoms with van der Waals surface area (Å²) in [6.07, 6.45) is 1.73. The highest BCUT2D eigenvalue weighted by molar-refractivity contribution is 6.07. The van der Waals surface area contributed by atoms with E-state index in [1.54, 1.807) is 43.5 Å². The fourth-order valence-electron chi connectivity index (χ4n) is 3.39. The lowest BCUT2D eigenvalue weighted by molar-refractivity contribution is -0.123. The highest BCUT2D eigenvalue weighted by Gasteiger charge is 2.36. The molecule has 1 aromatic heterocycles. The van der Waals surface area contributed by atoms with E-state index < -0.39 is 0 Å². The molecule has 144 valence electrons. The van der Waals surface area contributed by atoms with E-state index in [9.17, 15) is 9.59 Å². The number of nitrogens with zero attached hydrogens (tertiary/aromatic N) is 1. The van der Waals surface area contributed by atoms with Gasteiger partial charge in [0.15, 0.2) is 11.5 Å². The van der Waals surface area contributed by atoms with E-state index in [1.807, 2.05) is 24.3 Å². The zero-order valence-corrected chi connectivity index (χ0v) is 15.7. The minimum atomic E-state index is -0.234. The molecule has 3 aromatic rings. The van der Waals surface area contributed by atoms with Crippen LogP contribution in [0.5, 0.6) is 11.5 Å². The summed E-state index contributed by atoms with van der Waals surface area (Å²) in [6, 6.07) is 12.9. The molecule has 7 heteroatoms. The lowest BCUT2D eigenvalue weighted by atomic mass is 9.97. The van der Waals surface area contributed by atoms with Gasteiger partial charge in [-0.1, -0.05) is 18.2 Å². The highest BCUT2D eigenvalue weighted by Crippen LogP contribution is 2.30. The highest BCUT2D eigenvalue weighted by atomic mass is 16.5. The van der Waals surface area contributed by atoms with E-state index in [2.05, 4.69) is 10.3 Å². The molecule has 2 aromatic carbocycles. The summed E-state index contributed by atoms with van der Waals surface area (Å²) < 4.78 is 10.4. The molecule has 1 fully saturated rings. The zero-order chi connectivity index (χ0) is 19.7. The smallest absolute Gasteiger partial charge is 0.256 e. The first kappa shape index (κ1) is 17.9. The van der Waals surface area contributed by atoms with Crippen molar-refractivity contribution in [3.8, 4) is 11.5 Å². The molecule has 0 saturated carbocycles. The number of benzene rings is 2. The number of rotatable bonds is 5. The standard InChI is InChI=1S/C21H21N3O4/c1-27-18-8-7-14(9-19(18)28-2)23-20(25)13-11-24(12-13)21(26)16-10-22-17-6-4-3-5-15(16)17/h3-10,13,22H,11-12H2,1-2H3,(H,23,25). The van der Waals surface area contributed by atoms with Crippen molar-refractivity contribution in [1.29, 1.82) is 0 Å². The number of hydrogen-bond donors (Lipinski definition) is 2. The van der Waals surface area contributed by atoms with Gasteiger partial charge >= 0.3 is 0 Å². The molecular weight excluding hydrogens is 358 g/mol. The number of para-hydroxylation sites is 1. The first-order chi connectivity index (χ1) is 13.6. The number of fused-ring (bicyclic) bond motifs is 1. The molecule has 2 N–H and O–H groups in total. The SMILES string of the molecule is COc1ccc(NC(=O)C2CN(C(=O)c3c[nH]c4ccccc34)C2)cc1OC. The monoisotopic (exact) mass is 379 g/mol. The second-order valence-electron chi connectivity index (χ2n) is 6.71. The number of methoxy groups -OCH3 is 2. The Kier molecular flexibility index (Phi) is 4.65. The molecule has 1 aliphatic heterocycles. The van der Waals surface area contributed by atoms with Crippen molar-refractivity contribution in [3.63, 3.8) is 0 Å². The fraction of sp³-hybridized carbons (Fsp3) is 0.238. The van der Waals surface area contributed by atoms with Gasteiger partial charge in [0.2, 0.25) is 5.91 Å². The Balaban J connectivity index is 1.38. The molecule has 0 atom stereocenters. The second kappa shape index (κ2) is 7.26. The minimum Gasteiger partial charge on any atom is -0.493 e. The summed E-state index contributed by atoms with van der Waals surface area (Å²) in [5.41, 5.74) is 2.19. The normalized spacial score (nSPS) is 13.9. The van der Waals surface area contributed by atoms with Crippen LogP contribution in [0.15, 0.2) is 48.7 Å². The summed E-state index contributed by atoms with van der Waals surface area (Å²) in [6.45, 7) is 0.801. The average Bonchev–Trinajstić information content (AvgIpc) is 3.10. The molecule has 0 aliphatic carbocycles. The number of amides is 2. The van der Waals surface area contributed by atoms with E-state index in [1.165, 1.54) is 0 Å². The van der Waals surface area contributed by atoms with Crippen molar-refractivity contribution in [1.82, 2.24) is 9.88 Å². The largest absolute Gasteiger partial charge is 0.493 e. The van der Waals surface area contributed by atoms with Crippen LogP contribution in [0.3, 0.4) is 0 Å². The van der Waals surface area contributed by atoms with E-state index in [4.69, 9.17) is 9.47 Å². The number of nitrogens with one attached hydrogen (secondary N) is 2. The van der Waals surface area contributed by atoms with E-state index in [0.29, 0.717) is 35.8 Å². The van der Waals surface area contributed by atoms with Gasteiger partial charge in [0.1, 0.15) is 0 Å². The molecule has 0 radical (unpaired) electrons.